The van der Waals surface area contributed by atoms with Crippen LogP contribution in [0.25, 0.3) is 0 Å². The van der Waals surface area contributed by atoms with Crippen LogP contribution in [-0.2, 0) is 26.2 Å². The van der Waals surface area contributed by atoms with Crippen molar-refractivity contribution in [1.29, 1.82) is 0 Å². The Bertz CT molecular complexity index is 1370. The maximum atomic E-state index is 13.9. The number of halogens is 1. The molecule has 0 radical (unpaired) electrons. The summed E-state index contributed by atoms with van der Waals surface area (Å²) in [6.07, 6.45) is 0.735. The number of sulfonamides is 1. The highest BCUT2D eigenvalue weighted by molar-refractivity contribution is 9.10. The highest BCUT2D eigenvalue weighted by Crippen LogP contribution is 2.26. The van der Waals surface area contributed by atoms with E-state index in [2.05, 4.69) is 21.2 Å². The van der Waals surface area contributed by atoms with Gasteiger partial charge in [0, 0.05) is 17.1 Å². The maximum absolute atomic E-state index is 13.9. The zero-order valence-electron chi connectivity index (χ0n) is 22.5. The zero-order valence-corrected chi connectivity index (χ0v) is 24.9. The van der Waals surface area contributed by atoms with Gasteiger partial charge in [-0.2, -0.15) is 0 Å². The lowest BCUT2D eigenvalue weighted by molar-refractivity contribution is -0.139. The van der Waals surface area contributed by atoms with E-state index in [-0.39, 0.29) is 23.4 Å². The van der Waals surface area contributed by atoms with E-state index in [0.717, 1.165) is 20.8 Å². The molecule has 0 aliphatic carbocycles. The van der Waals surface area contributed by atoms with Gasteiger partial charge in [0.25, 0.3) is 10.0 Å². The lowest BCUT2D eigenvalue weighted by atomic mass is 10.1. The molecular weight excluding hydrogens is 582 g/mol. The first-order valence-corrected chi connectivity index (χ1v) is 14.9. The molecule has 2 amide bonds. The Balaban J connectivity index is 2.02. The minimum Gasteiger partial charge on any atom is -0.497 e. The number of hydrogen-bond acceptors (Lipinski definition) is 5. The van der Waals surface area contributed by atoms with Crippen LogP contribution in [0.3, 0.4) is 0 Å². The smallest absolute Gasteiger partial charge is 0.264 e. The number of methoxy groups -OCH3 is 1. The number of carbonyl (C=O) groups is 2. The van der Waals surface area contributed by atoms with Crippen molar-refractivity contribution in [2.24, 2.45) is 0 Å². The lowest BCUT2D eigenvalue weighted by Crippen LogP contribution is -2.52. The van der Waals surface area contributed by atoms with Gasteiger partial charge in [-0.15, -0.1) is 0 Å². The molecule has 2 atom stereocenters. The van der Waals surface area contributed by atoms with Crippen molar-refractivity contribution in [3.8, 4) is 5.75 Å². The summed E-state index contributed by atoms with van der Waals surface area (Å²) in [5.41, 5.74) is 1.09. The normalized spacial score (nSPS) is 12.7. The van der Waals surface area contributed by atoms with Gasteiger partial charge >= 0.3 is 0 Å². The van der Waals surface area contributed by atoms with E-state index in [1.807, 2.05) is 38.1 Å². The van der Waals surface area contributed by atoms with E-state index in [9.17, 15) is 18.0 Å². The van der Waals surface area contributed by atoms with E-state index >= 15 is 0 Å². The average molecular weight is 617 g/mol. The van der Waals surface area contributed by atoms with Crippen molar-refractivity contribution in [2.75, 3.05) is 18.0 Å². The second-order valence-electron chi connectivity index (χ2n) is 9.17. The molecule has 3 aromatic rings. The summed E-state index contributed by atoms with van der Waals surface area (Å²) in [5, 5.41) is 2.93. The van der Waals surface area contributed by atoms with Crippen molar-refractivity contribution in [3.05, 3.63) is 88.9 Å². The van der Waals surface area contributed by atoms with Gasteiger partial charge in [0.2, 0.25) is 11.8 Å². The Hall–Kier alpha value is -3.37. The predicted molar refractivity (Wildman–Crippen MR) is 156 cm³/mol. The fourth-order valence-corrected chi connectivity index (χ4v) is 5.76. The summed E-state index contributed by atoms with van der Waals surface area (Å²) in [7, 11) is -2.60. The maximum Gasteiger partial charge on any atom is 0.264 e. The van der Waals surface area contributed by atoms with Crippen molar-refractivity contribution >= 4 is 43.5 Å². The molecule has 0 unspecified atom stereocenters. The standard InChI is InChI=1S/C29H34BrN3O5S/c1-5-21(2)31-29(35)22(3)32(19-23-10-9-11-24(30)18-23)28(34)20-33(25-14-16-26(38-4)17-15-25)39(36,37)27-12-7-6-8-13-27/h6-18,21-22H,5,19-20H2,1-4H3,(H,31,35)/t21-,22-/m0/s1. The molecule has 0 bridgehead atoms. The second kappa shape index (κ2) is 13.6. The topological polar surface area (TPSA) is 96.0 Å². The number of carbonyl (C=O) groups excluding carboxylic acids is 2. The largest absolute Gasteiger partial charge is 0.497 e. The molecule has 3 rings (SSSR count). The van der Waals surface area contributed by atoms with Crippen LogP contribution in [0.1, 0.15) is 32.8 Å². The van der Waals surface area contributed by atoms with Crippen LogP contribution < -0.4 is 14.4 Å². The molecule has 0 aliphatic heterocycles. The highest BCUT2D eigenvalue weighted by atomic mass is 79.9. The highest BCUT2D eigenvalue weighted by Gasteiger charge is 2.32. The molecule has 0 saturated heterocycles. The number of nitrogens with zero attached hydrogens (tertiary/aromatic N) is 2. The quantitative estimate of drug-likeness (QED) is 0.310. The molecule has 10 heteroatoms. The second-order valence-corrected chi connectivity index (χ2v) is 11.9. The molecule has 1 N–H and O–H groups in total. The van der Waals surface area contributed by atoms with Crippen molar-refractivity contribution < 1.29 is 22.7 Å². The number of amides is 2. The molecule has 0 spiro atoms. The van der Waals surface area contributed by atoms with Crippen LogP contribution >= 0.6 is 15.9 Å². The summed E-state index contributed by atoms with van der Waals surface area (Å²) < 4.78 is 34.7. The molecule has 0 saturated carbocycles. The minimum absolute atomic E-state index is 0.0507. The van der Waals surface area contributed by atoms with E-state index < -0.39 is 28.5 Å². The molecule has 208 valence electrons. The summed E-state index contributed by atoms with van der Waals surface area (Å²) in [6.45, 7) is 5.12. The van der Waals surface area contributed by atoms with E-state index in [1.54, 1.807) is 49.4 Å². The van der Waals surface area contributed by atoms with Gasteiger partial charge in [0.15, 0.2) is 0 Å². The van der Waals surface area contributed by atoms with Crippen LogP contribution in [0.2, 0.25) is 0 Å². The third-order valence-electron chi connectivity index (χ3n) is 6.38. The summed E-state index contributed by atoms with van der Waals surface area (Å²) in [4.78, 5) is 28.5. The van der Waals surface area contributed by atoms with Gasteiger partial charge < -0.3 is 15.0 Å². The SMILES string of the molecule is CC[C@H](C)NC(=O)[C@H](C)N(Cc1cccc(Br)c1)C(=O)CN(c1ccc(OC)cc1)S(=O)(=O)c1ccccc1. The first kappa shape index (κ1) is 30.2. The van der Waals surface area contributed by atoms with Crippen LogP contribution in [-0.4, -0.2) is 50.9 Å². The summed E-state index contributed by atoms with van der Waals surface area (Å²) in [5.74, 6) is -0.277. The Morgan fingerprint density at radius 3 is 2.23 bits per heavy atom. The molecule has 0 aromatic heterocycles. The third kappa shape index (κ3) is 7.83. The zero-order chi connectivity index (χ0) is 28.6. The Morgan fingerprint density at radius 1 is 0.974 bits per heavy atom. The molecule has 0 heterocycles. The Morgan fingerprint density at radius 2 is 1.64 bits per heavy atom. The van der Waals surface area contributed by atoms with Crippen LogP contribution in [0.15, 0.2) is 88.2 Å². The summed E-state index contributed by atoms with van der Waals surface area (Å²) in [6, 6.07) is 20.9. The number of benzene rings is 3. The van der Waals surface area contributed by atoms with Gasteiger partial charge in [-0.05, 0) is 74.4 Å². The Labute approximate surface area is 239 Å². The minimum atomic E-state index is -4.11. The molecule has 8 nitrogen and oxygen atoms in total. The fourth-order valence-electron chi connectivity index (χ4n) is 3.88. The monoisotopic (exact) mass is 615 g/mol. The van der Waals surface area contributed by atoms with Crippen LogP contribution in [0.5, 0.6) is 5.75 Å². The van der Waals surface area contributed by atoms with E-state index in [0.29, 0.717) is 11.4 Å². The average Bonchev–Trinajstić information content (AvgIpc) is 2.94. The Kier molecular flexibility index (Phi) is 10.5. The van der Waals surface area contributed by atoms with Crippen molar-refractivity contribution in [1.82, 2.24) is 10.2 Å². The van der Waals surface area contributed by atoms with Gasteiger partial charge in [-0.1, -0.05) is 53.2 Å². The molecule has 39 heavy (non-hydrogen) atoms. The van der Waals surface area contributed by atoms with Crippen LogP contribution in [0, 0.1) is 0 Å². The van der Waals surface area contributed by atoms with Gasteiger partial charge in [-0.25, -0.2) is 8.42 Å². The summed E-state index contributed by atoms with van der Waals surface area (Å²) >= 11 is 3.45. The first-order chi connectivity index (χ1) is 18.6. The van der Waals surface area contributed by atoms with Crippen molar-refractivity contribution in [3.63, 3.8) is 0 Å². The molecular formula is C29H34BrN3O5S. The first-order valence-electron chi connectivity index (χ1n) is 12.6. The van der Waals surface area contributed by atoms with Gasteiger partial charge in [-0.3, -0.25) is 13.9 Å². The van der Waals surface area contributed by atoms with E-state index in [1.165, 1.54) is 24.1 Å². The third-order valence-corrected chi connectivity index (χ3v) is 8.66. The number of nitrogens with one attached hydrogen (secondary N) is 1. The number of hydrogen-bond donors (Lipinski definition) is 1. The van der Waals surface area contributed by atoms with Gasteiger partial charge in [0.05, 0.1) is 17.7 Å². The lowest BCUT2D eigenvalue weighted by Gasteiger charge is -2.32. The number of anilines is 1. The number of rotatable bonds is 12. The fraction of sp³-hybridized carbons (Fsp3) is 0.310. The predicted octanol–water partition coefficient (Wildman–Crippen LogP) is 4.99. The van der Waals surface area contributed by atoms with E-state index in [4.69, 9.17) is 4.74 Å². The molecule has 3 aromatic carbocycles. The number of ether oxygens (including phenoxy) is 1. The van der Waals surface area contributed by atoms with Gasteiger partial charge in [0.1, 0.15) is 18.3 Å². The van der Waals surface area contributed by atoms with Crippen LogP contribution in [0.4, 0.5) is 5.69 Å². The molecule has 0 fully saturated rings. The molecule has 0 aliphatic rings. The van der Waals surface area contributed by atoms with Crippen molar-refractivity contribution in [2.45, 2.75) is 50.7 Å².